The third-order valence-electron chi connectivity index (χ3n) is 5.41. The van der Waals surface area contributed by atoms with Gasteiger partial charge in [-0.2, -0.15) is 0 Å². The van der Waals surface area contributed by atoms with Gasteiger partial charge in [-0.25, -0.2) is 9.98 Å². The third-order valence-corrected chi connectivity index (χ3v) is 5.66. The zero-order valence-corrected chi connectivity index (χ0v) is 16.5. The molecule has 0 aliphatic carbocycles. The van der Waals surface area contributed by atoms with Gasteiger partial charge in [-0.05, 0) is 48.7 Å². The molecule has 28 heavy (non-hydrogen) atoms. The number of rotatable bonds is 2. The Labute approximate surface area is 168 Å². The van der Waals surface area contributed by atoms with Gasteiger partial charge in [0.25, 0.3) is 0 Å². The SMILES string of the molecule is Cn1c(-c2ccc(Cl)cc2)cc2/c(=N\c3ccccc3)n3c(nc21)CCCC3. The van der Waals surface area contributed by atoms with Crippen molar-refractivity contribution >= 4 is 28.3 Å². The molecule has 2 aromatic heterocycles. The number of hydrogen-bond acceptors (Lipinski definition) is 2. The van der Waals surface area contributed by atoms with Crippen LogP contribution in [0, 0.1) is 0 Å². The summed E-state index contributed by atoms with van der Waals surface area (Å²) in [4.78, 5) is 10.1. The second kappa shape index (κ2) is 6.95. The average Bonchev–Trinajstić information content (AvgIpc) is 3.06. The van der Waals surface area contributed by atoms with Gasteiger partial charge in [-0.1, -0.05) is 41.9 Å². The van der Waals surface area contributed by atoms with Gasteiger partial charge >= 0.3 is 0 Å². The molecule has 5 heteroatoms. The van der Waals surface area contributed by atoms with Crippen molar-refractivity contribution in [1.29, 1.82) is 0 Å². The molecule has 0 N–H and O–H groups in total. The second-order valence-electron chi connectivity index (χ2n) is 7.24. The van der Waals surface area contributed by atoms with E-state index in [1.165, 1.54) is 12.8 Å². The first-order chi connectivity index (χ1) is 13.7. The van der Waals surface area contributed by atoms with Crippen LogP contribution in [-0.4, -0.2) is 14.1 Å². The molecule has 0 saturated carbocycles. The molecule has 1 aliphatic heterocycles. The number of hydrogen-bond donors (Lipinski definition) is 0. The Balaban J connectivity index is 1.82. The molecule has 3 heterocycles. The fourth-order valence-electron chi connectivity index (χ4n) is 3.96. The summed E-state index contributed by atoms with van der Waals surface area (Å²) in [5, 5.41) is 1.83. The summed E-state index contributed by atoms with van der Waals surface area (Å²) in [5.74, 6) is 1.12. The normalized spacial score (nSPS) is 14.4. The van der Waals surface area contributed by atoms with Crippen LogP contribution in [0.25, 0.3) is 22.3 Å². The number of para-hydroxylation sites is 1. The Hall–Kier alpha value is -2.85. The minimum atomic E-state index is 0.742. The van der Waals surface area contributed by atoms with E-state index in [-0.39, 0.29) is 0 Å². The molecular formula is C23H21ClN4. The standard InChI is InChI=1S/C23H21ClN4/c1-27-20(16-10-12-17(24)13-11-16)15-19-22(27)26-21-9-5-6-14-28(21)23(19)25-18-7-3-2-4-8-18/h2-4,7-8,10-13,15H,5-6,9,14H2,1H3/b25-23+. The predicted molar refractivity (Wildman–Crippen MR) is 114 cm³/mol. The summed E-state index contributed by atoms with van der Waals surface area (Å²) in [7, 11) is 2.07. The molecule has 0 unspecified atom stereocenters. The van der Waals surface area contributed by atoms with E-state index in [0.29, 0.717) is 0 Å². The van der Waals surface area contributed by atoms with E-state index in [1.54, 1.807) is 0 Å². The number of fused-ring (bicyclic) bond motifs is 2. The molecular weight excluding hydrogens is 368 g/mol. The predicted octanol–water partition coefficient (Wildman–Crippen LogP) is 5.26. The first kappa shape index (κ1) is 17.3. The molecule has 0 saturated heterocycles. The Morgan fingerprint density at radius 3 is 2.57 bits per heavy atom. The highest BCUT2D eigenvalue weighted by Crippen LogP contribution is 2.27. The number of benzene rings is 2. The van der Waals surface area contributed by atoms with E-state index in [1.807, 2.05) is 42.5 Å². The molecule has 0 fully saturated rings. The van der Waals surface area contributed by atoms with Gasteiger partial charge < -0.3 is 9.13 Å². The molecule has 4 aromatic rings. The van der Waals surface area contributed by atoms with E-state index in [9.17, 15) is 0 Å². The van der Waals surface area contributed by atoms with Crippen molar-refractivity contribution in [3.63, 3.8) is 0 Å². The molecule has 0 radical (unpaired) electrons. The summed E-state index contributed by atoms with van der Waals surface area (Å²) >= 11 is 6.08. The van der Waals surface area contributed by atoms with Gasteiger partial charge in [-0.15, -0.1) is 0 Å². The Kier molecular flexibility index (Phi) is 4.29. The van der Waals surface area contributed by atoms with Crippen molar-refractivity contribution in [2.24, 2.45) is 12.0 Å². The monoisotopic (exact) mass is 388 g/mol. The maximum Gasteiger partial charge on any atom is 0.145 e. The van der Waals surface area contributed by atoms with Crippen LogP contribution in [0.2, 0.25) is 5.02 Å². The zero-order valence-electron chi connectivity index (χ0n) is 15.8. The van der Waals surface area contributed by atoms with Crippen LogP contribution in [0.15, 0.2) is 65.7 Å². The zero-order chi connectivity index (χ0) is 19.1. The van der Waals surface area contributed by atoms with Gasteiger partial charge in [0.2, 0.25) is 0 Å². The van der Waals surface area contributed by atoms with Crippen LogP contribution in [0.1, 0.15) is 18.7 Å². The lowest BCUT2D eigenvalue weighted by Gasteiger charge is -2.19. The topological polar surface area (TPSA) is 35.1 Å². The summed E-state index contributed by atoms with van der Waals surface area (Å²) in [6.45, 7) is 0.967. The molecule has 0 amide bonds. The minimum Gasteiger partial charge on any atom is -0.328 e. The van der Waals surface area contributed by atoms with Crippen molar-refractivity contribution in [2.45, 2.75) is 25.8 Å². The van der Waals surface area contributed by atoms with Crippen molar-refractivity contribution in [3.8, 4) is 11.3 Å². The maximum absolute atomic E-state index is 6.08. The van der Waals surface area contributed by atoms with Crippen LogP contribution in [0.3, 0.4) is 0 Å². The lowest BCUT2D eigenvalue weighted by Crippen LogP contribution is -2.29. The minimum absolute atomic E-state index is 0.742. The van der Waals surface area contributed by atoms with Crippen molar-refractivity contribution in [1.82, 2.24) is 14.1 Å². The number of nitrogens with zero attached hydrogens (tertiary/aromatic N) is 4. The summed E-state index contributed by atoms with van der Waals surface area (Å²) in [6.07, 6.45) is 3.34. The maximum atomic E-state index is 6.08. The molecule has 140 valence electrons. The van der Waals surface area contributed by atoms with Crippen LogP contribution >= 0.6 is 11.6 Å². The van der Waals surface area contributed by atoms with Crippen molar-refractivity contribution < 1.29 is 0 Å². The number of aryl methyl sites for hydroxylation is 2. The van der Waals surface area contributed by atoms with E-state index in [4.69, 9.17) is 21.6 Å². The van der Waals surface area contributed by atoms with E-state index < -0.39 is 0 Å². The van der Waals surface area contributed by atoms with Crippen LogP contribution in [-0.2, 0) is 20.0 Å². The molecule has 0 spiro atoms. The largest absolute Gasteiger partial charge is 0.328 e. The van der Waals surface area contributed by atoms with E-state index in [2.05, 4.69) is 34.4 Å². The molecule has 5 rings (SSSR count). The highest BCUT2D eigenvalue weighted by molar-refractivity contribution is 6.30. The van der Waals surface area contributed by atoms with E-state index >= 15 is 0 Å². The fourth-order valence-corrected chi connectivity index (χ4v) is 4.09. The first-order valence-electron chi connectivity index (χ1n) is 9.65. The average molecular weight is 389 g/mol. The van der Waals surface area contributed by atoms with Crippen LogP contribution in [0.4, 0.5) is 5.69 Å². The second-order valence-corrected chi connectivity index (χ2v) is 7.68. The smallest absolute Gasteiger partial charge is 0.145 e. The number of aromatic nitrogens is 3. The molecule has 2 aromatic carbocycles. The highest BCUT2D eigenvalue weighted by atomic mass is 35.5. The van der Waals surface area contributed by atoms with Gasteiger partial charge in [0.1, 0.15) is 17.0 Å². The van der Waals surface area contributed by atoms with Crippen molar-refractivity contribution in [3.05, 3.63) is 77.0 Å². The highest BCUT2D eigenvalue weighted by Gasteiger charge is 2.18. The van der Waals surface area contributed by atoms with Gasteiger partial charge in [-0.3, -0.25) is 0 Å². The quantitative estimate of drug-likeness (QED) is 0.461. The number of halogens is 1. The lowest BCUT2D eigenvalue weighted by atomic mass is 10.1. The lowest BCUT2D eigenvalue weighted by molar-refractivity contribution is 0.496. The Bertz CT molecular complexity index is 1220. The summed E-state index contributed by atoms with van der Waals surface area (Å²) in [5.41, 5.74) is 5.19. The fraction of sp³-hybridized carbons (Fsp3) is 0.217. The van der Waals surface area contributed by atoms with Crippen LogP contribution in [0.5, 0.6) is 0 Å². The van der Waals surface area contributed by atoms with Crippen molar-refractivity contribution in [2.75, 3.05) is 0 Å². The third kappa shape index (κ3) is 2.94. The Morgan fingerprint density at radius 1 is 1.00 bits per heavy atom. The molecule has 1 aliphatic rings. The van der Waals surface area contributed by atoms with Gasteiger partial charge in [0, 0.05) is 25.0 Å². The van der Waals surface area contributed by atoms with Gasteiger partial charge in [0.15, 0.2) is 0 Å². The first-order valence-corrected chi connectivity index (χ1v) is 10.0. The van der Waals surface area contributed by atoms with E-state index in [0.717, 1.165) is 57.3 Å². The Morgan fingerprint density at radius 2 is 1.79 bits per heavy atom. The molecule has 4 nitrogen and oxygen atoms in total. The molecule has 0 atom stereocenters. The van der Waals surface area contributed by atoms with Gasteiger partial charge in [0.05, 0.1) is 16.8 Å². The van der Waals surface area contributed by atoms with Crippen LogP contribution < -0.4 is 5.49 Å². The molecule has 0 bridgehead atoms. The summed E-state index contributed by atoms with van der Waals surface area (Å²) < 4.78 is 4.46. The summed E-state index contributed by atoms with van der Waals surface area (Å²) in [6, 6.07) is 20.3.